The van der Waals surface area contributed by atoms with Crippen molar-refractivity contribution < 1.29 is 7.16 Å². The summed E-state index contributed by atoms with van der Waals surface area (Å²) in [6.07, 6.45) is 8.94. The van der Waals surface area contributed by atoms with Crippen molar-refractivity contribution in [1.29, 1.82) is 0 Å². The first-order valence-electron chi connectivity index (χ1n) is 28.6. The lowest BCUT2D eigenvalue weighted by Gasteiger charge is -2.26. The number of fused-ring (bicyclic) bond motifs is 19. The van der Waals surface area contributed by atoms with Gasteiger partial charge in [0.15, 0.2) is 0 Å². The van der Waals surface area contributed by atoms with Crippen LogP contribution in [0.2, 0.25) is 0 Å². The Labute approximate surface area is 452 Å². The average Bonchev–Trinajstić information content (AvgIpc) is 4.32. The quantitative estimate of drug-likeness (QED) is 0.172. The molecule has 0 radical (unpaired) electrons. The van der Waals surface area contributed by atoms with Crippen LogP contribution in [0.5, 0.6) is 0 Å². The van der Waals surface area contributed by atoms with Gasteiger partial charge in [0.2, 0.25) is 0 Å². The second-order valence-corrected chi connectivity index (χ2v) is 21.5. The van der Waals surface area contributed by atoms with Gasteiger partial charge in [0.1, 0.15) is 11.2 Å². The maximum Gasteiger partial charge on any atom is 0.143 e. The zero-order chi connectivity index (χ0) is 52.4. The molecule has 9 aromatic carbocycles. The Morgan fingerprint density at radius 2 is 0.727 bits per heavy atom. The fourth-order valence-corrected chi connectivity index (χ4v) is 13.7. The molecule has 0 unspecified atom stereocenters. The Bertz CT molecular complexity index is 4490. The summed E-state index contributed by atoms with van der Waals surface area (Å²) in [4.78, 5) is 11.0. The second kappa shape index (κ2) is 17.9. The third-order valence-electron chi connectivity index (χ3n) is 17.3. The Balaban J connectivity index is 0.931. The number of furan rings is 1. The number of nitrogens with zero attached hydrogens (tertiary/aromatic N) is 2. The summed E-state index contributed by atoms with van der Waals surface area (Å²) in [6, 6.07) is 77.2. The van der Waals surface area contributed by atoms with Crippen molar-refractivity contribution in [2.75, 3.05) is 0 Å². The Hall–Kier alpha value is -8.92. The van der Waals surface area contributed by atoms with Crippen LogP contribution < -0.4 is 0 Å². The van der Waals surface area contributed by atoms with Gasteiger partial charge in [-0.3, -0.25) is 4.98 Å². The number of para-hydroxylation sites is 2. The third-order valence-corrected chi connectivity index (χ3v) is 17.3. The van der Waals surface area contributed by atoms with Crippen molar-refractivity contribution in [2.24, 2.45) is 0 Å². The lowest BCUT2D eigenvalue weighted by molar-refractivity contribution is 0.670. The molecule has 2 fully saturated rings. The Morgan fingerprint density at radius 1 is 0.325 bits per heavy atom. The van der Waals surface area contributed by atoms with Crippen molar-refractivity contribution in [1.82, 2.24) is 9.97 Å². The van der Waals surface area contributed by atoms with E-state index in [-0.39, 0.29) is 0 Å². The summed E-state index contributed by atoms with van der Waals surface area (Å²) in [7, 11) is 0. The van der Waals surface area contributed by atoms with Crippen molar-refractivity contribution in [3.05, 3.63) is 230 Å². The highest BCUT2D eigenvalue weighted by atomic mass is 16.3. The van der Waals surface area contributed by atoms with Gasteiger partial charge in [-0.05, 0) is 157 Å². The molecule has 0 amide bonds. The van der Waals surface area contributed by atoms with E-state index < -0.39 is 11.8 Å². The Morgan fingerprint density at radius 3 is 1.29 bits per heavy atom. The number of hydrogen-bond acceptors (Lipinski definition) is 3. The molecule has 3 aromatic heterocycles. The van der Waals surface area contributed by atoms with Crippen LogP contribution in [0, 0.1) is 0 Å². The fourth-order valence-electron chi connectivity index (χ4n) is 13.7. The first-order chi connectivity index (χ1) is 38.9. The summed E-state index contributed by atoms with van der Waals surface area (Å²) in [6.45, 7) is 0. The number of rotatable bonds is 5. The number of hydrogen-bond donors (Lipinski definition) is 0. The molecule has 0 atom stereocenters. The maximum atomic E-state index is 10.4. The van der Waals surface area contributed by atoms with E-state index in [9.17, 15) is 2.74 Å². The van der Waals surface area contributed by atoms with Gasteiger partial charge in [-0.1, -0.05) is 208 Å². The van der Waals surface area contributed by atoms with Gasteiger partial charge in [-0.25, -0.2) is 4.98 Å². The lowest BCUT2D eigenvalue weighted by Crippen LogP contribution is -2.07. The molecule has 0 aliphatic heterocycles. The summed E-state index contributed by atoms with van der Waals surface area (Å²) < 4.78 is 27.4. The third kappa shape index (κ3) is 7.10. The molecule has 3 heterocycles. The van der Waals surface area contributed by atoms with E-state index in [0.717, 1.165) is 191 Å². The molecule has 16 rings (SSSR count). The van der Waals surface area contributed by atoms with Gasteiger partial charge in [-0.2, -0.15) is 0 Å². The highest BCUT2D eigenvalue weighted by Gasteiger charge is 2.31. The molecule has 0 N–H and O–H groups in total. The maximum absolute atomic E-state index is 10.4. The van der Waals surface area contributed by atoms with E-state index in [1.54, 1.807) is 0 Å². The first-order valence-corrected chi connectivity index (χ1v) is 27.6. The van der Waals surface area contributed by atoms with E-state index in [1.165, 1.54) is 16.7 Å². The summed E-state index contributed by atoms with van der Waals surface area (Å²) in [5.74, 6) is -1.68. The van der Waals surface area contributed by atoms with E-state index in [4.69, 9.17) is 14.4 Å². The molecule has 4 aliphatic rings. The SMILES string of the molecule is [2H]C1(c2cc(C3([2H])CCCC3)c(-c3ccc4c(c3)-c3ccccc3-c3ccccc3-c3ncccc3-4)nc2-c2ccc3c(c2)-c2ccccc2-c2ccccc2-c2cc(-c4cccc5c4oc4ccccc45)ccc2-3)CCCC1. The second-order valence-electron chi connectivity index (χ2n) is 21.5. The molecule has 0 spiro atoms. The first kappa shape index (κ1) is 42.3. The van der Waals surface area contributed by atoms with Crippen LogP contribution >= 0.6 is 0 Å². The molecule has 77 heavy (non-hydrogen) atoms. The highest BCUT2D eigenvalue weighted by Crippen LogP contribution is 2.53. The van der Waals surface area contributed by atoms with Crippen LogP contribution in [-0.2, 0) is 0 Å². The predicted octanol–water partition coefficient (Wildman–Crippen LogP) is 20.7. The van der Waals surface area contributed by atoms with Gasteiger partial charge >= 0.3 is 0 Å². The Kier molecular flexibility index (Phi) is 9.81. The zero-order valence-corrected chi connectivity index (χ0v) is 42.7. The van der Waals surface area contributed by atoms with Crippen molar-refractivity contribution >= 4 is 21.9 Å². The molecule has 0 saturated heterocycles. The van der Waals surface area contributed by atoms with Gasteiger partial charge in [0.25, 0.3) is 0 Å². The minimum atomic E-state index is -0.841. The van der Waals surface area contributed by atoms with Crippen molar-refractivity contribution in [2.45, 2.75) is 63.2 Å². The lowest BCUT2D eigenvalue weighted by atomic mass is 9.79. The smallest absolute Gasteiger partial charge is 0.143 e. The molecule has 366 valence electrons. The van der Waals surface area contributed by atoms with Gasteiger partial charge < -0.3 is 4.42 Å². The van der Waals surface area contributed by atoms with Crippen LogP contribution in [0.25, 0.3) is 145 Å². The monoisotopic (exact) mass is 988 g/mol. The molecule has 12 aromatic rings. The highest BCUT2D eigenvalue weighted by molar-refractivity contribution is 6.11. The minimum absolute atomic E-state index is 0.762. The topological polar surface area (TPSA) is 38.9 Å². The minimum Gasteiger partial charge on any atom is -0.455 e. The number of pyridine rings is 2. The normalized spacial score (nSPS) is 15.7. The molecule has 3 heteroatoms. The summed E-state index contributed by atoms with van der Waals surface area (Å²) in [5, 5.41) is 2.23. The van der Waals surface area contributed by atoms with Crippen LogP contribution in [0.3, 0.4) is 0 Å². The number of aromatic nitrogens is 2. The zero-order valence-electron chi connectivity index (χ0n) is 44.7. The predicted molar refractivity (Wildman–Crippen MR) is 319 cm³/mol. The van der Waals surface area contributed by atoms with Crippen LogP contribution in [0.1, 0.15) is 77.0 Å². The van der Waals surface area contributed by atoms with E-state index in [2.05, 4.69) is 200 Å². The summed E-state index contributed by atoms with van der Waals surface area (Å²) >= 11 is 0. The van der Waals surface area contributed by atoms with Crippen LogP contribution in [-0.4, -0.2) is 9.97 Å². The van der Waals surface area contributed by atoms with Crippen molar-refractivity contribution in [3.8, 4) is 123 Å². The molecular weight excluding hydrogens is 933 g/mol. The molecule has 2 saturated carbocycles. The molecule has 3 nitrogen and oxygen atoms in total. The van der Waals surface area contributed by atoms with E-state index in [0.29, 0.717) is 0 Å². The molecular formula is C74H54N2O. The van der Waals surface area contributed by atoms with Gasteiger partial charge in [0.05, 0.1) is 17.1 Å². The molecule has 0 bridgehead atoms. The van der Waals surface area contributed by atoms with E-state index in [1.807, 2.05) is 18.3 Å². The van der Waals surface area contributed by atoms with Crippen LogP contribution in [0.4, 0.5) is 0 Å². The average molecular weight is 989 g/mol. The van der Waals surface area contributed by atoms with Crippen molar-refractivity contribution in [3.63, 3.8) is 0 Å². The van der Waals surface area contributed by atoms with Gasteiger partial charge in [-0.15, -0.1) is 0 Å². The standard InChI is InChI=1S/C74H54N2O/c1-2-18-45(17-1)65-44-66(46-19-3-4-20-46)72(49-36-39-60-63-32-16-40-75-73(63)62-29-12-11-24-54(62)53-23-7-10-27-57(53)69(60)43-49)76-71(65)48-35-38-59-58-37-34-47(50-30-15-31-64-61-28-13-14-33-70(61)77-74(50)64)41-67(58)55-25-8-5-21-51(55)52-22-6-9-26-56(52)68(59)42-48/h5-16,21-46H,1-4,17-20H2/i45D,46D. The molecule has 4 aliphatic carbocycles. The summed E-state index contributed by atoms with van der Waals surface area (Å²) in [5.41, 5.74) is 27.6. The van der Waals surface area contributed by atoms with E-state index >= 15 is 0 Å². The van der Waals surface area contributed by atoms with Gasteiger partial charge in [0, 0.05) is 47.5 Å². The van der Waals surface area contributed by atoms with Crippen LogP contribution in [0.15, 0.2) is 223 Å². The number of benzene rings is 9. The largest absolute Gasteiger partial charge is 0.455 e. The fraction of sp³-hybridized carbons (Fsp3) is 0.135.